The Balaban J connectivity index is 2.28. The second-order valence-corrected chi connectivity index (χ2v) is 8.48. The predicted octanol–water partition coefficient (Wildman–Crippen LogP) is -2.69. The monoisotopic (exact) mass is 534 g/mol. The summed E-state index contributed by atoms with van der Waals surface area (Å²) >= 11 is 0. The number of hydrogen-bond donors (Lipinski definition) is 9. The number of rotatable bonds is 15. The number of carboxylic acids is 2. The Labute approximate surface area is 215 Å². The summed E-state index contributed by atoms with van der Waals surface area (Å²) in [6, 6.07) is 1.16. The van der Waals surface area contributed by atoms with Crippen LogP contribution in [0.15, 0.2) is 30.5 Å². The minimum absolute atomic E-state index is 0.130. The number of H-pyrrole nitrogens is 1. The van der Waals surface area contributed by atoms with E-state index in [1.165, 1.54) is 0 Å². The molecule has 0 bridgehead atoms. The Hall–Kier alpha value is -4.50. The Morgan fingerprint density at radius 2 is 1.50 bits per heavy atom. The Morgan fingerprint density at radius 1 is 0.895 bits per heavy atom. The molecule has 2 aromatic rings. The van der Waals surface area contributed by atoms with Gasteiger partial charge in [0, 0.05) is 29.9 Å². The van der Waals surface area contributed by atoms with Crippen LogP contribution in [0, 0.1) is 0 Å². The average molecular weight is 535 g/mol. The summed E-state index contributed by atoms with van der Waals surface area (Å²) in [5.41, 5.74) is 12.2. The van der Waals surface area contributed by atoms with E-state index in [0.29, 0.717) is 5.56 Å². The number of nitrogens with one attached hydrogen (secondary N) is 4. The van der Waals surface area contributed by atoms with Gasteiger partial charge >= 0.3 is 11.9 Å². The summed E-state index contributed by atoms with van der Waals surface area (Å²) in [7, 11) is 0. The summed E-state index contributed by atoms with van der Waals surface area (Å²) in [5, 5.41) is 34.7. The molecule has 1 aromatic heterocycles. The van der Waals surface area contributed by atoms with Crippen molar-refractivity contribution in [3.63, 3.8) is 0 Å². The fourth-order valence-electron chi connectivity index (χ4n) is 3.56. The topological polar surface area (TPSA) is 267 Å². The number of aromatic nitrogens is 1. The van der Waals surface area contributed by atoms with Crippen molar-refractivity contribution in [2.75, 3.05) is 6.61 Å². The molecule has 0 saturated heterocycles. The van der Waals surface area contributed by atoms with Crippen molar-refractivity contribution in [3.05, 3.63) is 36.0 Å². The standard InChI is InChI=1S/C23H30N6O9/c24-13(5-6-19(32)33)20(34)27-16(8-18(25)31)22(36)28-15(21(35)29-17(10-30)23(37)38)7-11-9-26-14-4-2-1-3-12(11)14/h1-4,9,13,15-17,26,30H,5-8,10,24H2,(H2,25,31)(H,27,34)(H,28,36)(H,29,35)(H,32,33)(H,37,38). The molecule has 4 atom stereocenters. The van der Waals surface area contributed by atoms with Gasteiger partial charge in [0.1, 0.15) is 18.1 Å². The fraction of sp³-hybridized carbons (Fsp3) is 0.391. The molecule has 0 spiro atoms. The predicted molar refractivity (Wildman–Crippen MR) is 131 cm³/mol. The molecule has 0 aliphatic carbocycles. The molecule has 1 heterocycles. The molecular formula is C23H30N6O9. The lowest BCUT2D eigenvalue weighted by atomic mass is 10.0. The molecule has 4 unspecified atom stereocenters. The summed E-state index contributed by atoms with van der Waals surface area (Å²) < 4.78 is 0. The van der Waals surface area contributed by atoms with Crippen molar-refractivity contribution in [2.45, 2.75) is 49.9 Å². The number of carbonyl (C=O) groups is 6. The van der Waals surface area contributed by atoms with E-state index < -0.39 is 79.2 Å². The van der Waals surface area contributed by atoms with Crippen molar-refractivity contribution in [1.82, 2.24) is 20.9 Å². The second-order valence-electron chi connectivity index (χ2n) is 8.48. The summed E-state index contributed by atoms with van der Waals surface area (Å²) in [5.74, 6) is -6.53. The van der Waals surface area contributed by atoms with Crippen LogP contribution in [0.4, 0.5) is 0 Å². The minimum atomic E-state index is -1.65. The normalized spacial score (nSPS) is 14.1. The molecule has 206 valence electrons. The van der Waals surface area contributed by atoms with Gasteiger partial charge in [-0.2, -0.15) is 0 Å². The van der Waals surface area contributed by atoms with Crippen molar-refractivity contribution < 1.29 is 44.1 Å². The first-order chi connectivity index (χ1) is 17.9. The van der Waals surface area contributed by atoms with E-state index in [-0.39, 0.29) is 12.8 Å². The van der Waals surface area contributed by atoms with E-state index >= 15 is 0 Å². The van der Waals surface area contributed by atoms with Crippen molar-refractivity contribution in [3.8, 4) is 0 Å². The number of primary amides is 1. The number of aliphatic hydroxyl groups is 1. The lowest BCUT2D eigenvalue weighted by molar-refractivity contribution is -0.143. The number of carbonyl (C=O) groups excluding carboxylic acids is 4. The van der Waals surface area contributed by atoms with E-state index in [1.54, 1.807) is 30.5 Å². The molecule has 0 saturated carbocycles. The lowest BCUT2D eigenvalue weighted by Crippen LogP contribution is -2.58. The molecule has 1 aromatic carbocycles. The second kappa shape index (κ2) is 13.7. The number of benzene rings is 1. The summed E-state index contributed by atoms with van der Waals surface area (Å²) in [4.78, 5) is 75.1. The molecule has 38 heavy (non-hydrogen) atoms. The molecule has 0 fully saturated rings. The number of aliphatic carboxylic acids is 2. The van der Waals surface area contributed by atoms with E-state index in [0.717, 1.165) is 10.9 Å². The highest BCUT2D eigenvalue weighted by Gasteiger charge is 2.31. The largest absolute Gasteiger partial charge is 0.481 e. The SMILES string of the molecule is NC(=O)CC(NC(=O)C(N)CCC(=O)O)C(=O)NC(Cc1c[nH]c2ccccc12)C(=O)NC(CO)C(=O)O. The van der Waals surface area contributed by atoms with Gasteiger partial charge in [0.2, 0.25) is 23.6 Å². The minimum Gasteiger partial charge on any atom is -0.481 e. The molecule has 11 N–H and O–H groups in total. The van der Waals surface area contributed by atoms with Gasteiger partial charge in [-0.25, -0.2) is 4.79 Å². The highest BCUT2D eigenvalue weighted by Crippen LogP contribution is 2.19. The number of hydrogen-bond acceptors (Lipinski definition) is 8. The first-order valence-corrected chi connectivity index (χ1v) is 11.5. The van der Waals surface area contributed by atoms with Crippen LogP contribution in [-0.4, -0.2) is 86.6 Å². The fourth-order valence-corrected chi connectivity index (χ4v) is 3.56. The highest BCUT2D eigenvalue weighted by atomic mass is 16.4. The molecule has 0 aliphatic heterocycles. The molecular weight excluding hydrogens is 504 g/mol. The van der Waals surface area contributed by atoms with Gasteiger partial charge in [-0.1, -0.05) is 18.2 Å². The number of amides is 4. The maximum Gasteiger partial charge on any atom is 0.328 e. The van der Waals surface area contributed by atoms with Crippen LogP contribution in [0.25, 0.3) is 10.9 Å². The summed E-state index contributed by atoms with van der Waals surface area (Å²) in [6.07, 6.45) is 0.148. The van der Waals surface area contributed by atoms with Crippen molar-refractivity contribution in [1.29, 1.82) is 0 Å². The smallest absolute Gasteiger partial charge is 0.328 e. The van der Waals surface area contributed by atoms with Crippen LogP contribution in [0.3, 0.4) is 0 Å². The number of aliphatic hydroxyl groups excluding tert-OH is 1. The van der Waals surface area contributed by atoms with Gasteiger partial charge in [0.05, 0.1) is 19.1 Å². The van der Waals surface area contributed by atoms with E-state index in [9.17, 15) is 39.0 Å². The van der Waals surface area contributed by atoms with Gasteiger partial charge in [0.25, 0.3) is 0 Å². The average Bonchev–Trinajstić information content (AvgIpc) is 3.26. The van der Waals surface area contributed by atoms with Crippen LogP contribution < -0.4 is 27.4 Å². The van der Waals surface area contributed by atoms with Gasteiger partial charge in [-0.15, -0.1) is 0 Å². The van der Waals surface area contributed by atoms with E-state index in [2.05, 4.69) is 20.9 Å². The van der Waals surface area contributed by atoms with Gasteiger partial charge in [-0.3, -0.25) is 24.0 Å². The zero-order chi connectivity index (χ0) is 28.4. The third-order valence-electron chi connectivity index (χ3n) is 5.57. The lowest BCUT2D eigenvalue weighted by Gasteiger charge is -2.24. The van der Waals surface area contributed by atoms with Crippen molar-refractivity contribution >= 4 is 46.5 Å². The highest BCUT2D eigenvalue weighted by molar-refractivity contribution is 5.96. The van der Waals surface area contributed by atoms with Gasteiger partial charge < -0.3 is 47.7 Å². The summed E-state index contributed by atoms with van der Waals surface area (Å²) in [6.45, 7) is -0.913. The zero-order valence-electron chi connectivity index (χ0n) is 20.2. The molecule has 4 amide bonds. The number of carboxylic acid groups (broad SMARTS) is 2. The van der Waals surface area contributed by atoms with Crippen LogP contribution in [0.1, 0.15) is 24.8 Å². The van der Waals surface area contributed by atoms with Crippen LogP contribution in [0.5, 0.6) is 0 Å². The molecule has 15 heteroatoms. The van der Waals surface area contributed by atoms with Gasteiger partial charge in [-0.05, 0) is 18.1 Å². The Bertz CT molecular complexity index is 1200. The van der Waals surface area contributed by atoms with E-state index in [1.807, 2.05) is 0 Å². The van der Waals surface area contributed by atoms with Crippen LogP contribution in [-0.2, 0) is 35.2 Å². The van der Waals surface area contributed by atoms with Crippen molar-refractivity contribution in [2.24, 2.45) is 11.5 Å². The number of aromatic amines is 1. The zero-order valence-corrected chi connectivity index (χ0v) is 20.2. The van der Waals surface area contributed by atoms with Crippen LogP contribution >= 0.6 is 0 Å². The molecule has 0 aliphatic rings. The molecule has 15 nitrogen and oxygen atoms in total. The quantitative estimate of drug-likeness (QED) is 0.114. The third kappa shape index (κ3) is 8.56. The number of fused-ring (bicyclic) bond motifs is 1. The van der Waals surface area contributed by atoms with Crippen LogP contribution in [0.2, 0.25) is 0 Å². The maximum atomic E-state index is 13.1. The maximum absolute atomic E-state index is 13.1. The van der Waals surface area contributed by atoms with Gasteiger partial charge in [0.15, 0.2) is 0 Å². The Morgan fingerprint density at radius 3 is 2.11 bits per heavy atom. The first-order valence-electron chi connectivity index (χ1n) is 11.5. The molecule has 0 radical (unpaired) electrons. The number of nitrogens with two attached hydrogens (primary N) is 2. The number of para-hydroxylation sites is 1. The Kier molecular flexibility index (Phi) is 10.7. The van der Waals surface area contributed by atoms with E-state index in [4.69, 9.17) is 16.6 Å². The molecule has 2 rings (SSSR count). The third-order valence-corrected chi connectivity index (χ3v) is 5.57. The first kappa shape index (κ1) is 29.7.